The van der Waals surface area contributed by atoms with Crippen LogP contribution in [-0.2, 0) is 0 Å². The second-order valence-corrected chi connectivity index (χ2v) is 6.84. The van der Waals surface area contributed by atoms with Gasteiger partial charge in [0, 0.05) is 14.2 Å². The molecule has 1 heterocycles. The minimum absolute atomic E-state index is 0.130. The summed E-state index contributed by atoms with van der Waals surface area (Å²) in [6.45, 7) is 6.01. The molecule has 0 saturated heterocycles. The van der Waals surface area contributed by atoms with Gasteiger partial charge >= 0.3 is 0 Å². The molecule has 2 nitrogen and oxygen atoms in total. The van der Waals surface area contributed by atoms with E-state index >= 15 is 0 Å². The first-order valence-corrected chi connectivity index (χ1v) is 7.79. The largest absolute Gasteiger partial charge is 0.491 e. The Morgan fingerprint density at radius 1 is 1.26 bits per heavy atom. The van der Waals surface area contributed by atoms with E-state index in [1.165, 1.54) is 4.88 Å². The van der Waals surface area contributed by atoms with Crippen LogP contribution in [0.5, 0.6) is 5.75 Å². The summed E-state index contributed by atoms with van der Waals surface area (Å²) in [5.74, 6) is 0.791. The molecule has 1 aromatic heterocycles. The van der Waals surface area contributed by atoms with Crippen LogP contribution in [0.25, 0.3) is 0 Å². The van der Waals surface area contributed by atoms with Crippen LogP contribution in [0, 0.1) is 6.92 Å². The Labute approximate surface area is 126 Å². The fraction of sp³-hybridized carbons (Fsp3) is 0.333. The quantitative estimate of drug-likeness (QED) is 0.874. The molecule has 102 valence electrons. The van der Waals surface area contributed by atoms with E-state index in [-0.39, 0.29) is 6.10 Å². The van der Waals surface area contributed by atoms with Crippen molar-refractivity contribution in [1.29, 1.82) is 0 Å². The van der Waals surface area contributed by atoms with Gasteiger partial charge < -0.3 is 9.84 Å². The van der Waals surface area contributed by atoms with E-state index in [1.54, 1.807) is 11.3 Å². The molecule has 19 heavy (non-hydrogen) atoms. The summed E-state index contributed by atoms with van der Waals surface area (Å²) in [6, 6.07) is 9.60. The molecule has 0 spiro atoms. The number of halogens is 1. The van der Waals surface area contributed by atoms with Gasteiger partial charge in [-0.1, -0.05) is 12.1 Å². The summed E-state index contributed by atoms with van der Waals surface area (Å²) in [7, 11) is 0. The van der Waals surface area contributed by atoms with Gasteiger partial charge in [-0.3, -0.25) is 0 Å². The molecule has 1 unspecified atom stereocenters. The Hall–Kier alpha value is -0.840. The van der Waals surface area contributed by atoms with Gasteiger partial charge in [-0.2, -0.15) is 0 Å². The van der Waals surface area contributed by atoms with Crippen molar-refractivity contribution in [2.24, 2.45) is 0 Å². The van der Waals surface area contributed by atoms with Crippen molar-refractivity contribution in [3.8, 4) is 5.75 Å². The van der Waals surface area contributed by atoms with Crippen molar-refractivity contribution >= 4 is 27.3 Å². The predicted octanol–water partition coefficient (Wildman–Crippen LogP) is 4.69. The third-order valence-electron chi connectivity index (χ3n) is 2.69. The Balaban J connectivity index is 2.25. The van der Waals surface area contributed by atoms with Gasteiger partial charge in [0.2, 0.25) is 0 Å². The zero-order valence-corrected chi connectivity index (χ0v) is 13.6. The highest BCUT2D eigenvalue weighted by Gasteiger charge is 2.15. The number of aliphatic hydroxyl groups is 1. The summed E-state index contributed by atoms with van der Waals surface area (Å²) < 4.78 is 6.70. The molecule has 0 saturated carbocycles. The molecule has 1 atom stereocenters. The highest BCUT2D eigenvalue weighted by Crippen LogP contribution is 2.34. The Morgan fingerprint density at radius 2 is 2.00 bits per heavy atom. The van der Waals surface area contributed by atoms with Crippen LogP contribution in [0.4, 0.5) is 0 Å². The van der Waals surface area contributed by atoms with E-state index in [0.29, 0.717) is 0 Å². The molecule has 2 rings (SSSR count). The zero-order chi connectivity index (χ0) is 14.0. The van der Waals surface area contributed by atoms with E-state index in [1.807, 2.05) is 51.1 Å². The molecule has 4 heteroatoms. The second kappa shape index (κ2) is 6.07. The molecule has 0 fully saturated rings. The Morgan fingerprint density at radius 3 is 2.58 bits per heavy atom. The fourth-order valence-electron chi connectivity index (χ4n) is 1.81. The van der Waals surface area contributed by atoms with Crippen LogP contribution in [0.15, 0.2) is 34.8 Å². The molecular weight excluding hydrogens is 324 g/mol. The molecule has 0 radical (unpaired) electrons. The van der Waals surface area contributed by atoms with Crippen LogP contribution in [-0.4, -0.2) is 11.2 Å². The average Bonchev–Trinajstić information content (AvgIpc) is 2.68. The smallest absolute Gasteiger partial charge is 0.120 e. The van der Waals surface area contributed by atoms with Crippen LogP contribution in [0.1, 0.15) is 35.3 Å². The summed E-state index contributed by atoms with van der Waals surface area (Å²) in [4.78, 5) is 2.11. The molecule has 0 aliphatic carbocycles. The maximum Gasteiger partial charge on any atom is 0.120 e. The number of aliphatic hydroxyl groups excluding tert-OH is 1. The monoisotopic (exact) mass is 340 g/mol. The van der Waals surface area contributed by atoms with Crippen LogP contribution < -0.4 is 4.74 Å². The zero-order valence-electron chi connectivity index (χ0n) is 11.2. The van der Waals surface area contributed by atoms with Crippen LogP contribution in [0.3, 0.4) is 0 Å². The highest BCUT2D eigenvalue weighted by molar-refractivity contribution is 9.10. The third-order valence-corrected chi connectivity index (χ3v) is 4.88. The van der Waals surface area contributed by atoms with Crippen molar-refractivity contribution in [2.45, 2.75) is 33.0 Å². The molecule has 2 aromatic rings. The van der Waals surface area contributed by atoms with Crippen molar-refractivity contribution in [2.75, 3.05) is 0 Å². The van der Waals surface area contributed by atoms with Crippen molar-refractivity contribution in [1.82, 2.24) is 0 Å². The number of benzene rings is 1. The molecule has 1 N–H and O–H groups in total. The lowest BCUT2D eigenvalue weighted by atomic mass is 10.1. The van der Waals surface area contributed by atoms with Gasteiger partial charge in [0.15, 0.2) is 0 Å². The number of hydrogen-bond acceptors (Lipinski definition) is 3. The number of rotatable bonds is 4. The number of aryl methyl sites for hydroxylation is 1. The maximum absolute atomic E-state index is 10.4. The molecule has 0 aliphatic heterocycles. The van der Waals surface area contributed by atoms with Gasteiger partial charge in [-0.25, -0.2) is 0 Å². The van der Waals surface area contributed by atoms with Gasteiger partial charge in [-0.15, -0.1) is 11.3 Å². The normalized spacial score (nSPS) is 12.7. The van der Waals surface area contributed by atoms with Crippen molar-refractivity contribution in [3.05, 3.63) is 50.1 Å². The fourth-order valence-corrected chi connectivity index (χ4v) is 3.39. The summed E-state index contributed by atoms with van der Waals surface area (Å²) in [5.41, 5.74) is 0.854. The lowest BCUT2D eigenvalue weighted by Crippen LogP contribution is -2.06. The molecule has 0 bridgehead atoms. The van der Waals surface area contributed by atoms with Crippen LogP contribution in [0.2, 0.25) is 0 Å². The second-order valence-electron chi connectivity index (χ2n) is 4.69. The molecule has 1 aromatic carbocycles. The Kier molecular flexibility index (Phi) is 4.66. The third kappa shape index (κ3) is 3.59. The van der Waals surface area contributed by atoms with E-state index in [4.69, 9.17) is 4.74 Å². The van der Waals surface area contributed by atoms with E-state index in [2.05, 4.69) is 15.9 Å². The molecule has 0 aliphatic rings. The lowest BCUT2D eigenvalue weighted by molar-refractivity contribution is 0.219. The molecule has 0 amide bonds. The predicted molar refractivity (Wildman–Crippen MR) is 83.0 cm³/mol. The molecular formula is C15H17BrO2S. The first-order chi connectivity index (χ1) is 8.97. The Bertz CT molecular complexity index is 544. The average molecular weight is 341 g/mol. The first-order valence-electron chi connectivity index (χ1n) is 6.18. The van der Waals surface area contributed by atoms with E-state index < -0.39 is 6.10 Å². The summed E-state index contributed by atoms with van der Waals surface area (Å²) >= 11 is 5.08. The summed E-state index contributed by atoms with van der Waals surface area (Å²) in [6.07, 6.45) is -0.476. The minimum Gasteiger partial charge on any atom is -0.491 e. The van der Waals surface area contributed by atoms with Crippen LogP contribution >= 0.6 is 27.3 Å². The maximum atomic E-state index is 10.4. The number of ether oxygens (including phenoxy) is 1. The van der Waals surface area contributed by atoms with Gasteiger partial charge in [0.25, 0.3) is 0 Å². The summed E-state index contributed by atoms with van der Waals surface area (Å²) in [5, 5.41) is 10.4. The van der Waals surface area contributed by atoms with Gasteiger partial charge in [0.05, 0.1) is 6.10 Å². The minimum atomic E-state index is -0.606. The standard InChI is InChI=1S/C15H17BrO2S/c1-9(2)18-12-6-4-5-11(7-12)15(17)14-8-13(16)10(3)19-14/h4-9,15,17H,1-3H3. The van der Waals surface area contributed by atoms with Crippen molar-refractivity contribution < 1.29 is 9.84 Å². The lowest BCUT2D eigenvalue weighted by Gasteiger charge is -2.13. The van der Waals surface area contributed by atoms with E-state index in [9.17, 15) is 5.11 Å². The number of hydrogen-bond donors (Lipinski definition) is 1. The van der Waals surface area contributed by atoms with Gasteiger partial charge in [0.1, 0.15) is 11.9 Å². The number of thiophene rings is 1. The first kappa shape index (κ1) is 14.6. The highest BCUT2D eigenvalue weighted by atomic mass is 79.9. The van der Waals surface area contributed by atoms with Crippen molar-refractivity contribution in [3.63, 3.8) is 0 Å². The topological polar surface area (TPSA) is 29.5 Å². The van der Waals surface area contributed by atoms with E-state index in [0.717, 1.165) is 20.7 Å². The SMILES string of the molecule is Cc1sc(C(O)c2cccc(OC(C)C)c2)cc1Br. The van der Waals surface area contributed by atoms with Gasteiger partial charge in [-0.05, 0) is 60.5 Å².